The maximum Gasteiger partial charge on any atom is 0.147 e. The first-order valence-electron chi connectivity index (χ1n) is 6.80. The summed E-state index contributed by atoms with van der Waals surface area (Å²) in [7, 11) is 0. The molecule has 1 saturated heterocycles. The summed E-state index contributed by atoms with van der Waals surface area (Å²) in [6, 6.07) is 2.05. The largest absolute Gasteiger partial charge is 0.353 e. The molecule has 0 atom stereocenters. The second-order valence-electron chi connectivity index (χ2n) is 4.95. The molecule has 2 aromatic heterocycles. The summed E-state index contributed by atoms with van der Waals surface area (Å²) in [5.41, 5.74) is 1.02. The Hall–Kier alpha value is -2.24. The predicted molar refractivity (Wildman–Crippen MR) is 78.0 cm³/mol. The minimum absolute atomic E-state index is 0.830. The molecule has 1 aliphatic rings. The molecule has 0 radical (unpaired) electrons. The van der Waals surface area contributed by atoms with Gasteiger partial charge in [0, 0.05) is 50.3 Å². The number of rotatable bonds is 2. The Balaban J connectivity index is 1.69. The van der Waals surface area contributed by atoms with Crippen LogP contribution in [0.3, 0.4) is 0 Å². The highest BCUT2D eigenvalue weighted by molar-refractivity contribution is 5.44. The van der Waals surface area contributed by atoms with Crippen LogP contribution >= 0.6 is 0 Å². The molecule has 0 bridgehead atoms. The predicted octanol–water partition coefficient (Wildman–Crippen LogP) is 1.21. The first-order chi connectivity index (χ1) is 9.72. The van der Waals surface area contributed by atoms with Gasteiger partial charge < -0.3 is 9.80 Å². The molecule has 6 heteroatoms. The Bertz CT molecular complexity index is 557. The zero-order chi connectivity index (χ0) is 13.9. The molecule has 0 aliphatic carbocycles. The minimum atomic E-state index is 0.830. The van der Waals surface area contributed by atoms with E-state index in [1.807, 2.05) is 26.1 Å². The van der Waals surface area contributed by atoms with Gasteiger partial charge in [-0.05, 0) is 13.8 Å². The van der Waals surface area contributed by atoms with Crippen LogP contribution in [0.1, 0.15) is 11.5 Å². The average molecular weight is 270 g/mol. The highest BCUT2D eigenvalue weighted by atomic mass is 15.3. The molecule has 1 fully saturated rings. The van der Waals surface area contributed by atoms with Gasteiger partial charge in [-0.3, -0.25) is 4.98 Å². The fourth-order valence-corrected chi connectivity index (χ4v) is 2.48. The summed E-state index contributed by atoms with van der Waals surface area (Å²) in [6.45, 7) is 7.68. The molecule has 0 spiro atoms. The lowest BCUT2D eigenvalue weighted by molar-refractivity contribution is 0.638. The van der Waals surface area contributed by atoms with Gasteiger partial charge in [0.25, 0.3) is 0 Å². The molecular weight excluding hydrogens is 252 g/mol. The lowest BCUT2D eigenvalue weighted by atomic mass is 10.3. The number of hydrogen-bond acceptors (Lipinski definition) is 6. The second-order valence-corrected chi connectivity index (χ2v) is 4.95. The van der Waals surface area contributed by atoms with Crippen molar-refractivity contribution in [2.75, 3.05) is 36.0 Å². The number of nitrogens with zero attached hydrogens (tertiary/aromatic N) is 6. The van der Waals surface area contributed by atoms with Crippen molar-refractivity contribution in [1.82, 2.24) is 19.9 Å². The SMILES string of the molecule is Cc1cc(N2CCN(c3cnccn3)CC2)nc(C)n1. The molecule has 3 rings (SSSR count). The Morgan fingerprint density at radius 1 is 0.900 bits per heavy atom. The smallest absolute Gasteiger partial charge is 0.147 e. The van der Waals surface area contributed by atoms with E-state index in [0.29, 0.717) is 0 Å². The fraction of sp³-hybridized carbons (Fsp3) is 0.429. The maximum atomic E-state index is 4.52. The van der Waals surface area contributed by atoms with Gasteiger partial charge in [0.2, 0.25) is 0 Å². The van der Waals surface area contributed by atoms with Crippen molar-refractivity contribution in [3.8, 4) is 0 Å². The summed E-state index contributed by atoms with van der Waals surface area (Å²) >= 11 is 0. The number of aromatic nitrogens is 4. The zero-order valence-electron chi connectivity index (χ0n) is 11.8. The summed E-state index contributed by atoms with van der Waals surface area (Å²) in [4.78, 5) is 21.9. The second kappa shape index (κ2) is 5.40. The quantitative estimate of drug-likeness (QED) is 0.817. The fourth-order valence-electron chi connectivity index (χ4n) is 2.48. The molecule has 0 unspecified atom stereocenters. The molecular formula is C14H18N6. The van der Waals surface area contributed by atoms with Crippen LogP contribution < -0.4 is 9.80 Å². The zero-order valence-corrected chi connectivity index (χ0v) is 11.8. The normalized spacial score (nSPS) is 15.5. The minimum Gasteiger partial charge on any atom is -0.353 e. The first kappa shape index (κ1) is 12.8. The Morgan fingerprint density at radius 3 is 2.20 bits per heavy atom. The van der Waals surface area contributed by atoms with Gasteiger partial charge in [0.15, 0.2) is 0 Å². The van der Waals surface area contributed by atoms with E-state index in [1.165, 1.54) is 0 Å². The molecule has 1 aliphatic heterocycles. The first-order valence-corrected chi connectivity index (χ1v) is 6.80. The van der Waals surface area contributed by atoms with Gasteiger partial charge in [-0.1, -0.05) is 0 Å². The molecule has 0 amide bonds. The molecule has 104 valence electrons. The van der Waals surface area contributed by atoms with E-state index in [9.17, 15) is 0 Å². The van der Waals surface area contributed by atoms with Crippen LogP contribution in [0.15, 0.2) is 24.7 Å². The van der Waals surface area contributed by atoms with Crippen molar-refractivity contribution >= 4 is 11.6 Å². The lowest BCUT2D eigenvalue weighted by Crippen LogP contribution is -2.47. The van der Waals surface area contributed by atoms with Gasteiger partial charge in [-0.2, -0.15) is 0 Å². The molecule has 2 aromatic rings. The van der Waals surface area contributed by atoms with Crippen LogP contribution in [0, 0.1) is 13.8 Å². The van der Waals surface area contributed by atoms with E-state index in [1.54, 1.807) is 12.4 Å². The van der Waals surface area contributed by atoms with Crippen molar-refractivity contribution in [2.24, 2.45) is 0 Å². The molecule has 0 N–H and O–H groups in total. The summed E-state index contributed by atoms with van der Waals surface area (Å²) in [5.74, 6) is 2.80. The summed E-state index contributed by atoms with van der Waals surface area (Å²) in [5, 5.41) is 0. The third kappa shape index (κ3) is 2.68. The van der Waals surface area contributed by atoms with E-state index in [4.69, 9.17) is 0 Å². The van der Waals surface area contributed by atoms with E-state index in [0.717, 1.165) is 49.3 Å². The van der Waals surface area contributed by atoms with Crippen LogP contribution in [0.5, 0.6) is 0 Å². The van der Waals surface area contributed by atoms with Crippen LogP contribution in [-0.2, 0) is 0 Å². The Labute approximate surface area is 118 Å². The molecule has 20 heavy (non-hydrogen) atoms. The third-order valence-electron chi connectivity index (χ3n) is 3.43. The van der Waals surface area contributed by atoms with E-state index < -0.39 is 0 Å². The van der Waals surface area contributed by atoms with E-state index >= 15 is 0 Å². The van der Waals surface area contributed by atoms with Crippen molar-refractivity contribution in [1.29, 1.82) is 0 Å². The standard InChI is InChI=1S/C14H18N6/c1-11-9-13(18-12(2)17-11)19-5-7-20(8-6-19)14-10-15-3-4-16-14/h3-4,9-10H,5-8H2,1-2H3. The Morgan fingerprint density at radius 2 is 1.60 bits per heavy atom. The maximum absolute atomic E-state index is 4.52. The van der Waals surface area contributed by atoms with Crippen LogP contribution in [0.25, 0.3) is 0 Å². The van der Waals surface area contributed by atoms with Crippen LogP contribution in [-0.4, -0.2) is 46.1 Å². The highest BCUT2D eigenvalue weighted by Crippen LogP contribution is 2.17. The highest BCUT2D eigenvalue weighted by Gasteiger charge is 2.19. The number of aryl methyl sites for hydroxylation is 2. The van der Waals surface area contributed by atoms with Crippen molar-refractivity contribution < 1.29 is 0 Å². The van der Waals surface area contributed by atoms with Gasteiger partial charge >= 0.3 is 0 Å². The van der Waals surface area contributed by atoms with E-state index in [2.05, 4.69) is 29.7 Å². The topological polar surface area (TPSA) is 58.0 Å². The lowest BCUT2D eigenvalue weighted by Gasteiger charge is -2.35. The van der Waals surface area contributed by atoms with Gasteiger partial charge in [-0.15, -0.1) is 0 Å². The average Bonchev–Trinajstić information content (AvgIpc) is 2.47. The van der Waals surface area contributed by atoms with Crippen LogP contribution in [0.4, 0.5) is 11.6 Å². The van der Waals surface area contributed by atoms with Gasteiger partial charge in [0.1, 0.15) is 17.5 Å². The number of hydrogen-bond donors (Lipinski definition) is 0. The summed E-state index contributed by atoms with van der Waals surface area (Å²) < 4.78 is 0. The molecule has 6 nitrogen and oxygen atoms in total. The van der Waals surface area contributed by atoms with Crippen molar-refractivity contribution in [2.45, 2.75) is 13.8 Å². The molecule has 0 saturated carbocycles. The van der Waals surface area contributed by atoms with E-state index in [-0.39, 0.29) is 0 Å². The number of piperazine rings is 1. The monoisotopic (exact) mass is 270 g/mol. The van der Waals surface area contributed by atoms with Crippen LogP contribution in [0.2, 0.25) is 0 Å². The van der Waals surface area contributed by atoms with Crippen molar-refractivity contribution in [3.05, 3.63) is 36.2 Å². The van der Waals surface area contributed by atoms with Crippen molar-refractivity contribution in [3.63, 3.8) is 0 Å². The summed E-state index contributed by atoms with van der Waals surface area (Å²) in [6.07, 6.45) is 5.25. The van der Waals surface area contributed by atoms with Gasteiger partial charge in [0.05, 0.1) is 6.20 Å². The number of anilines is 2. The molecule has 0 aromatic carbocycles. The van der Waals surface area contributed by atoms with Gasteiger partial charge in [-0.25, -0.2) is 15.0 Å². The molecule has 3 heterocycles. The third-order valence-corrected chi connectivity index (χ3v) is 3.43. The Kier molecular flexibility index (Phi) is 3.45.